The Labute approximate surface area is 136 Å². The minimum absolute atomic E-state index is 0.171. The first-order valence-electron chi connectivity index (χ1n) is 8.13. The molecule has 0 saturated carbocycles. The Morgan fingerprint density at radius 2 is 2.39 bits per heavy atom. The van der Waals surface area contributed by atoms with Crippen LogP contribution in [-0.4, -0.2) is 40.8 Å². The summed E-state index contributed by atoms with van der Waals surface area (Å²) in [6, 6.07) is 0.171. The van der Waals surface area contributed by atoms with Crippen molar-refractivity contribution in [3.05, 3.63) is 35.7 Å². The summed E-state index contributed by atoms with van der Waals surface area (Å²) in [4.78, 5) is 12.1. The van der Waals surface area contributed by atoms with Crippen molar-refractivity contribution in [1.29, 1.82) is 0 Å². The number of aromatic nitrogens is 3. The molecule has 1 aromatic heterocycles. The van der Waals surface area contributed by atoms with Gasteiger partial charge >= 0.3 is 5.97 Å². The minimum atomic E-state index is -0.418. The van der Waals surface area contributed by atoms with Crippen LogP contribution in [0.4, 0.5) is 0 Å². The molecular weight excluding hydrogens is 294 g/mol. The third kappa shape index (κ3) is 3.88. The van der Waals surface area contributed by atoms with E-state index in [0.29, 0.717) is 19.1 Å². The van der Waals surface area contributed by atoms with Gasteiger partial charge in [-0.3, -0.25) is 0 Å². The van der Waals surface area contributed by atoms with Crippen molar-refractivity contribution in [3.8, 4) is 0 Å². The molecule has 2 aliphatic rings. The smallest absolute Gasteiger partial charge is 0.360 e. The zero-order valence-electron chi connectivity index (χ0n) is 13.5. The van der Waals surface area contributed by atoms with Crippen LogP contribution in [0.15, 0.2) is 30.0 Å². The highest BCUT2D eigenvalue weighted by Crippen LogP contribution is 2.28. The molecule has 0 N–H and O–H groups in total. The molecule has 3 rings (SSSR count). The lowest BCUT2D eigenvalue weighted by molar-refractivity contribution is 0.0528. The van der Waals surface area contributed by atoms with Gasteiger partial charge in [0.1, 0.15) is 6.61 Å². The molecule has 0 radical (unpaired) electrons. The fourth-order valence-corrected chi connectivity index (χ4v) is 2.98. The first-order valence-corrected chi connectivity index (χ1v) is 8.13. The topological polar surface area (TPSA) is 66.2 Å². The van der Waals surface area contributed by atoms with Crippen molar-refractivity contribution in [3.63, 3.8) is 0 Å². The van der Waals surface area contributed by atoms with Crippen LogP contribution in [0, 0.1) is 5.92 Å². The van der Waals surface area contributed by atoms with Crippen molar-refractivity contribution >= 4 is 5.97 Å². The van der Waals surface area contributed by atoms with E-state index in [0.717, 1.165) is 32.3 Å². The summed E-state index contributed by atoms with van der Waals surface area (Å²) < 4.78 is 12.4. The molecule has 6 nitrogen and oxygen atoms in total. The van der Waals surface area contributed by atoms with Crippen LogP contribution in [0.25, 0.3) is 0 Å². The van der Waals surface area contributed by atoms with E-state index < -0.39 is 5.97 Å². The van der Waals surface area contributed by atoms with Gasteiger partial charge in [0.15, 0.2) is 5.69 Å². The maximum atomic E-state index is 12.1. The Kier molecular flexibility index (Phi) is 4.91. The number of carbonyl (C=O) groups is 1. The van der Waals surface area contributed by atoms with E-state index in [1.807, 2.05) is 0 Å². The summed E-state index contributed by atoms with van der Waals surface area (Å²) in [6.07, 6.45) is 7.74. The van der Waals surface area contributed by atoms with Gasteiger partial charge in [-0.2, -0.15) is 0 Å². The van der Waals surface area contributed by atoms with E-state index in [9.17, 15) is 4.79 Å². The third-order valence-corrected chi connectivity index (χ3v) is 4.59. The van der Waals surface area contributed by atoms with Crippen molar-refractivity contribution in [2.24, 2.45) is 5.92 Å². The number of esters is 1. The SMILES string of the molecule is C=C(C)C1CC=C(COC(=O)c2cn(C3CCOC3)nn2)CC1. The molecule has 2 unspecified atom stereocenters. The third-order valence-electron chi connectivity index (χ3n) is 4.59. The molecule has 1 aliphatic carbocycles. The molecule has 2 heterocycles. The molecule has 1 aliphatic heterocycles. The average molecular weight is 317 g/mol. The largest absolute Gasteiger partial charge is 0.456 e. The predicted molar refractivity (Wildman–Crippen MR) is 85.0 cm³/mol. The highest BCUT2D eigenvalue weighted by molar-refractivity contribution is 5.86. The molecule has 23 heavy (non-hydrogen) atoms. The summed E-state index contributed by atoms with van der Waals surface area (Å²) in [5.74, 6) is 0.140. The lowest BCUT2D eigenvalue weighted by atomic mass is 9.86. The van der Waals surface area contributed by atoms with E-state index in [1.165, 1.54) is 11.1 Å². The standard InChI is InChI=1S/C17H23N3O3/c1-12(2)14-5-3-13(4-6-14)10-23-17(21)16-9-20(19-18-16)15-7-8-22-11-15/h3,9,14-15H,1,4-8,10-11H2,2H3. The highest BCUT2D eigenvalue weighted by atomic mass is 16.5. The molecule has 6 heteroatoms. The van der Waals surface area contributed by atoms with Gasteiger partial charge in [-0.25, -0.2) is 9.48 Å². The van der Waals surface area contributed by atoms with Crippen molar-refractivity contribution < 1.29 is 14.3 Å². The van der Waals surface area contributed by atoms with Crippen molar-refractivity contribution in [2.45, 2.75) is 38.6 Å². The van der Waals surface area contributed by atoms with E-state index in [1.54, 1.807) is 10.9 Å². The fraction of sp³-hybridized carbons (Fsp3) is 0.588. The first kappa shape index (κ1) is 15.9. The second-order valence-electron chi connectivity index (χ2n) is 6.36. The summed E-state index contributed by atoms with van der Waals surface area (Å²) in [5.41, 5.74) is 2.66. The zero-order chi connectivity index (χ0) is 16.2. The van der Waals surface area contributed by atoms with E-state index >= 15 is 0 Å². The monoisotopic (exact) mass is 317 g/mol. The van der Waals surface area contributed by atoms with Crippen LogP contribution >= 0.6 is 0 Å². The Balaban J connectivity index is 1.51. The summed E-state index contributed by atoms with van der Waals surface area (Å²) >= 11 is 0. The number of ether oxygens (including phenoxy) is 2. The number of rotatable bonds is 5. The molecule has 0 aromatic carbocycles. The van der Waals surface area contributed by atoms with Gasteiger partial charge in [-0.05, 0) is 44.1 Å². The molecule has 1 aromatic rings. The number of nitrogens with zero attached hydrogens (tertiary/aromatic N) is 3. The lowest BCUT2D eigenvalue weighted by Crippen LogP contribution is -2.13. The van der Waals surface area contributed by atoms with Gasteiger partial charge < -0.3 is 9.47 Å². The molecule has 2 atom stereocenters. The van der Waals surface area contributed by atoms with Crippen LogP contribution in [0.5, 0.6) is 0 Å². The normalized spacial score (nSPS) is 24.3. The van der Waals surface area contributed by atoms with E-state index in [4.69, 9.17) is 9.47 Å². The fourth-order valence-electron chi connectivity index (χ4n) is 2.98. The molecule has 0 bridgehead atoms. The van der Waals surface area contributed by atoms with Gasteiger partial charge in [0.2, 0.25) is 0 Å². The summed E-state index contributed by atoms with van der Waals surface area (Å²) in [6.45, 7) is 7.76. The van der Waals surface area contributed by atoms with E-state index in [-0.39, 0.29) is 11.7 Å². The lowest BCUT2D eigenvalue weighted by Gasteiger charge is -2.21. The van der Waals surface area contributed by atoms with Gasteiger partial charge in [-0.1, -0.05) is 23.4 Å². The van der Waals surface area contributed by atoms with Crippen LogP contribution in [-0.2, 0) is 9.47 Å². The van der Waals surface area contributed by atoms with Crippen LogP contribution in [0.3, 0.4) is 0 Å². The number of hydrogen-bond donors (Lipinski definition) is 0. The average Bonchev–Trinajstić information content (AvgIpc) is 3.23. The Morgan fingerprint density at radius 3 is 3.04 bits per heavy atom. The van der Waals surface area contributed by atoms with Crippen LogP contribution in [0.1, 0.15) is 49.1 Å². The Morgan fingerprint density at radius 1 is 1.52 bits per heavy atom. The highest BCUT2D eigenvalue weighted by Gasteiger charge is 2.22. The minimum Gasteiger partial charge on any atom is -0.456 e. The number of carbonyl (C=O) groups excluding carboxylic acids is 1. The van der Waals surface area contributed by atoms with Crippen LogP contribution < -0.4 is 0 Å². The number of hydrogen-bond acceptors (Lipinski definition) is 5. The maximum absolute atomic E-state index is 12.1. The second-order valence-corrected chi connectivity index (χ2v) is 6.36. The summed E-state index contributed by atoms with van der Waals surface area (Å²) in [7, 11) is 0. The Hall–Kier alpha value is -1.95. The predicted octanol–water partition coefficient (Wildman–Crippen LogP) is 2.70. The van der Waals surface area contributed by atoms with E-state index in [2.05, 4.69) is 29.9 Å². The zero-order valence-corrected chi connectivity index (χ0v) is 13.5. The first-order chi connectivity index (χ1) is 11.1. The summed E-state index contributed by atoms with van der Waals surface area (Å²) in [5, 5.41) is 7.92. The van der Waals surface area contributed by atoms with Crippen molar-refractivity contribution in [1.82, 2.24) is 15.0 Å². The van der Waals surface area contributed by atoms with Crippen LogP contribution in [0.2, 0.25) is 0 Å². The van der Waals surface area contributed by atoms with Crippen molar-refractivity contribution in [2.75, 3.05) is 19.8 Å². The van der Waals surface area contributed by atoms with Gasteiger partial charge in [0.25, 0.3) is 0 Å². The molecule has 0 spiro atoms. The Bertz CT molecular complexity index is 614. The molecule has 124 valence electrons. The molecule has 1 fully saturated rings. The molecular formula is C17H23N3O3. The molecule has 1 saturated heterocycles. The number of allylic oxidation sites excluding steroid dienone is 2. The maximum Gasteiger partial charge on any atom is 0.360 e. The second kappa shape index (κ2) is 7.08. The molecule has 0 amide bonds. The van der Waals surface area contributed by atoms with Gasteiger partial charge in [0, 0.05) is 6.61 Å². The van der Waals surface area contributed by atoms with Gasteiger partial charge in [-0.15, -0.1) is 5.10 Å². The van der Waals surface area contributed by atoms with Gasteiger partial charge in [0.05, 0.1) is 18.8 Å². The quantitative estimate of drug-likeness (QED) is 0.617.